The predicted octanol–water partition coefficient (Wildman–Crippen LogP) is 2.04. The fourth-order valence-electron chi connectivity index (χ4n) is 0.543. The molecule has 0 aliphatic rings. The largest absolute Gasteiger partial charge is 0.399 e. The van der Waals surface area contributed by atoms with Gasteiger partial charge in [-0.3, -0.25) is 0 Å². The first kappa shape index (κ1) is 9.59. The fraction of sp³-hybridized carbons (Fsp3) is 0. The number of halogens is 2. The molecule has 56 valence electrons. The summed E-state index contributed by atoms with van der Waals surface area (Å²) in [7, 11) is 0. The summed E-state index contributed by atoms with van der Waals surface area (Å²) in [5, 5.41) is 0. The highest BCUT2D eigenvalue weighted by molar-refractivity contribution is 9.10. The molecule has 4 N–H and O–H groups in total. The molecular weight excluding hydrogens is 215 g/mol. The molecule has 0 heterocycles. The third kappa shape index (κ3) is 2.08. The minimum absolute atomic E-state index is 0. The molecule has 4 heteroatoms. The topological polar surface area (TPSA) is 52.0 Å². The van der Waals surface area contributed by atoms with Gasteiger partial charge in [-0.25, -0.2) is 0 Å². The second-order valence-corrected chi connectivity index (χ2v) is 2.64. The lowest BCUT2D eigenvalue weighted by Crippen LogP contribution is -1.88. The third-order valence-corrected chi connectivity index (χ3v) is 1.71. The van der Waals surface area contributed by atoms with Crippen LogP contribution in [0.3, 0.4) is 0 Å². The van der Waals surface area contributed by atoms with E-state index < -0.39 is 0 Å². The van der Waals surface area contributed by atoms with E-state index >= 15 is 0 Å². The van der Waals surface area contributed by atoms with E-state index in [0.29, 0.717) is 5.69 Å². The van der Waals surface area contributed by atoms with Gasteiger partial charge in [-0.05, 0) is 34.1 Å². The van der Waals surface area contributed by atoms with Gasteiger partial charge >= 0.3 is 0 Å². The molecule has 0 fully saturated rings. The van der Waals surface area contributed by atoms with Crippen LogP contribution in [0.15, 0.2) is 22.7 Å². The maximum absolute atomic E-state index is 5.49. The standard InChI is InChI=1S/C6H7BrN2.ClH/c7-5-3-4(8)1-2-6(5)9;/h1-3H,8-9H2;1H. The summed E-state index contributed by atoms with van der Waals surface area (Å²) in [6.45, 7) is 0. The highest BCUT2D eigenvalue weighted by Crippen LogP contribution is 2.20. The van der Waals surface area contributed by atoms with Crippen LogP contribution in [0.25, 0.3) is 0 Å². The normalized spacial score (nSPS) is 8.50. The Balaban J connectivity index is 0.000000810. The van der Waals surface area contributed by atoms with Gasteiger partial charge in [0, 0.05) is 15.8 Å². The Morgan fingerprint density at radius 1 is 1.20 bits per heavy atom. The highest BCUT2D eigenvalue weighted by Gasteiger charge is 1.92. The van der Waals surface area contributed by atoms with E-state index in [0.717, 1.165) is 10.2 Å². The van der Waals surface area contributed by atoms with Crippen molar-refractivity contribution < 1.29 is 0 Å². The van der Waals surface area contributed by atoms with Crippen LogP contribution in [0.2, 0.25) is 0 Å². The molecule has 1 aromatic carbocycles. The van der Waals surface area contributed by atoms with Crippen molar-refractivity contribution in [2.75, 3.05) is 11.5 Å². The maximum atomic E-state index is 5.49. The van der Waals surface area contributed by atoms with E-state index in [4.69, 9.17) is 11.5 Å². The Kier molecular flexibility index (Phi) is 3.53. The van der Waals surface area contributed by atoms with Crippen molar-refractivity contribution in [1.82, 2.24) is 0 Å². The molecule has 0 radical (unpaired) electrons. The van der Waals surface area contributed by atoms with E-state index in [2.05, 4.69) is 15.9 Å². The molecular formula is C6H8BrClN2. The molecule has 0 atom stereocenters. The summed E-state index contributed by atoms with van der Waals surface area (Å²) in [4.78, 5) is 0. The second-order valence-electron chi connectivity index (χ2n) is 1.78. The van der Waals surface area contributed by atoms with Crippen LogP contribution in [0, 0.1) is 0 Å². The summed E-state index contributed by atoms with van der Waals surface area (Å²) in [6.07, 6.45) is 0. The van der Waals surface area contributed by atoms with Gasteiger partial charge in [0.2, 0.25) is 0 Å². The van der Waals surface area contributed by atoms with E-state index in [9.17, 15) is 0 Å². The lowest BCUT2D eigenvalue weighted by molar-refractivity contribution is 1.62. The minimum atomic E-state index is 0. The van der Waals surface area contributed by atoms with Gasteiger partial charge in [-0.15, -0.1) is 12.4 Å². The molecule has 10 heavy (non-hydrogen) atoms. The van der Waals surface area contributed by atoms with Gasteiger partial charge in [0.1, 0.15) is 0 Å². The number of hydrogen-bond donors (Lipinski definition) is 2. The van der Waals surface area contributed by atoms with E-state index in [-0.39, 0.29) is 12.4 Å². The molecule has 0 bridgehead atoms. The van der Waals surface area contributed by atoms with Gasteiger partial charge in [0.05, 0.1) is 0 Å². The van der Waals surface area contributed by atoms with Crippen molar-refractivity contribution in [3.63, 3.8) is 0 Å². The predicted molar refractivity (Wildman–Crippen MR) is 50.2 cm³/mol. The summed E-state index contributed by atoms with van der Waals surface area (Å²) in [5.41, 5.74) is 12.4. The SMILES string of the molecule is Cl.Nc1ccc(N)c(Br)c1. The van der Waals surface area contributed by atoms with Crippen molar-refractivity contribution in [3.05, 3.63) is 22.7 Å². The van der Waals surface area contributed by atoms with Gasteiger partial charge in [-0.2, -0.15) is 0 Å². The summed E-state index contributed by atoms with van der Waals surface area (Å²) in [5.74, 6) is 0. The van der Waals surface area contributed by atoms with Crippen molar-refractivity contribution >= 4 is 39.7 Å². The fourth-order valence-corrected chi connectivity index (χ4v) is 0.940. The molecule has 2 nitrogen and oxygen atoms in total. The van der Waals surface area contributed by atoms with Gasteiger partial charge in [0.25, 0.3) is 0 Å². The molecule has 0 spiro atoms. The number of nitrogens with two attached hydrogens (primary N) is 2. The quantitative estimate of drug-likeness (QED) is 0.661. The van der Waals surface area contributed by atoms with Crippen molar-refractivity contribution in [2.45, 2.75) is 0 Å². The molecule has 0 saturated carbocycles. The smallest absolute Gasteiger partial charge is 0.0460 e. The first-order valence-corrected chi connectivity index (χ1v) is 3.30. The third-order valence-electron chi connectivity index (χ3n) is 1.02. The van der Waals surface area contributed by atoms with Crippen molar-refractivity contribution in [1.29, 1.82) is 0 Å². The van der Waals surface area contributed by atoms with Crippen LogP contribution in [-0.4, -0.2) is 0 Å². The minimum Gasteiger partial charge on any atom is -0.399 e. The lowest BCUT2D eigenvalue weighted by atomic mass is 10.3. The average Bonchev–Trinajstić information content (AvgIpc) is 1.80. The van der Waals surface area contributed by atoms with Crippen LogP contribution in [-0.2, 0) is 0 Å². The molecule has 0 aliphatic heterocycles. The lowest BCUT2D eigenvalue weighted by Gasteiger charge is -1.96. The zero-order valence-electron chi connectivity index (χ0n) is 5.17. The second kappa shape index (κ2) is 3.68. The monoisotopic (exact) mass is 222 g/mol. The zero-order valence-corrected chi connectivity index (χ0v) is 7.58. The Bertz CT molecular complexity index is 227. The molecule has 0 saturated heterocycles. The summed E-state index contributed by atoms with van der Waals surface area (Å²) in [6, 6.07) is 5.30. The molecule has 1 aromatic rings. The first-order valence-electron chi connectivity index (χ1n) is 2.50. The highest BCUT2D eigenvalue weighted by atomic mass is 79.9. The van der Waals surface area contributed by atoms with Gasteiger partial charge < -0.3 is 11.5 Å². The van der Waals surface area contributed by atoms with Gasteiger partial charge in [0.15, 0.2) is 0 Å². The average molecular weight is 224 g/mol. The molecule has 0 aliphatic carbocycles. The molecule has 0 aromatic heterocycles. The molecule has 1 rings (SSSR count). The van der Waals surface area contributed by atoms with Crippen LogP contribution in [0.5, 0.6) is 0 Å². The first-order chi connectivity index (χ1) is 4.20. The zero-order chi connectivity index (χ0) is 6.85. The van der Waals surface area contributed by atoms with Crippen LogP contribution in [0.1, 0.15) is 0 Å². The molecule has 0 amide bonds. The Labute approximate surface area is 74.1 Å². The number of anilines is 2. The number of rotatable bonds is 0. The Morgan fingerprint density at radius 2 is 1.80 bits per heavy atom. The maximum Gasteiger partial charge on any atom is 0.0460 e. The van der Waals surface area contributed by atoms with Crippen LogP contribution < -0.4 is 11.5 Å². The van der Waals surface area contributed by atoms with E-state index in [1.165, 1.54) is 0 Å². The van der Waals surface area contributed by atoms with Crippen LogP contribution in [0.4, 0.5) is 11.4 Å². The summed E-state index contributed by atoms with van der Waals surface area (Å²) >= 11 is 3.24. The molecule has 0 unspecified atom stereocenters. The number of nitrogen functional groups attached to an aromatic ring is 2. The van der Waals surface area contributed by atoms with Crippen LogP contribution >= 0.6 is 28.3 Å². The Hall–Kier alpha value is -0.410. The number of benzene rings is 1. The van der Waals surface area contributed by atoms with E-state index in [1.54, 1.807) is 18.2 Å². The van der Waals surface area contributed by atoms with Crippen molar-refractivity contribution in [2.24, 2.45) is 0 Å². The van der Waals surface area contributed by atoms with E-state index in [1.807, 2.05) is 0 Å². The number of hydrogen-bond acceptors (Lipinski definition) is 2. The summed E-state index contributed by atoms with van der Waals surface area (Å²) < 4.78 is 0.850. The van der Waals surface area contributed by atoms with Crippen molar-refractivity contribution in [3.8, 4) is 0 Å². The Morgan fingerprint density at radius 3 is 2.20 bits per heavy atom. The van der Waals surface area contributed by atoms with Gasteiger partial charge in [-0.1, -0.05) is 0 Å².